The molecule has 0 bridgehead atoms. The Hall–Kier alpha value is -3.74. The molecule has 7 heteroatoms. The molecule has 1 heterocycles. The summed E-state index contributed by atoms with van der Waals surface area (Å²) < 4.78 is 5.08. The zero-order valence-corrected chi connectivity index (χ0v) is 15.7. The first kappa shape index (κ1) is 19.0. The van der Waals surface area contributed by atoms with Crippen LogP contribution in [0.2, 0.25) is 0 Å². The molecule has 2 N–H and O–H groups in total. The van der Waals surface area contributed by atoms with Gasteiger partial charge in [0, 0.05) is 23.7 Å². The molecule has 7 nitrogen and oxygen atoms in total. The molecule has 0 saturated carbocycles. The molecule has 2 aromatic carbocycles. The summed E-state index contributed by atoms with van der Waals surface area (Å²) in [4.78, 5) is 32.7. The van der Waals surface area contributed by atoms with Crippen LogP contribution in [0.3, 0.4) is 0 Å². The lowest BCUT2D eigenvalue weighted by atomic mass is 10.0. The average Bonchev–Trinajstić information content (AvgIpc) is 2.73. The maximum atomic E-state index is 12.2. The number of carbonyl (C=O) groups excluding carboxylic acids is 2. The van der Waals surface area contributed by atoms with E-state index in [2.05, 4.69) is 27.2 Å². The van der Waals surface area contributed by atoms with Crippen LogP contribution in [0, 0.1) is 0 Å². The molecule has 142 valence electrons. The van der Waals surface area contributed by atoms with Gasteiger partial charge in [0.05, 0.1) is 18.5 Å². The van der Waals surface area contributed by atoms with Crippen LogP contribution in [0.5, 0.6) is 0 Å². The predicted octanol–water partition coefficient (Wildman–Crippen LogP) is 3.64. The first-order valence-corrected chi connectivity index (χ1v) is 8.75. The van der Waals surface area contributed by atoms with Gasteiger partial charge in [0.2, 0.25) is 5.91 Å². The molecule has 3 rings (SSSR count). The minimum atomic E-state index is -0.518. The highest BCUT2D eigenvalue weighted by molar-refractivity contribution is 6.06. The summed E-state index contributed by atoms with van der Waals surface area (Å²) in [5, 5.41) is 7.47. The Labute approximate surface area is 162 Å². The number of rotatable bonds is 6. The van der Waals surface area contributed by atoms with E-state index in [1.807, 2.05) is 36.4 Å². The van der Waals surface area contributed by atoms with Crippen LogP contribution in [-0.4, -0.2) is 35.5 Å². The molecule has 1 aromatic heterocycles. The smallest absolute Gasteiger partial charge is 0.359 e. The number of nitrogens with one attached hydrogen (secondary N) is 2. The second kappa shape index (κ2) is 8.30. The molecule has 0 fully saturated rings. The van der Waals surface area contributed by atoms with E-state index in [1.54, 1.807) is 20.2 Å². The zero-order chi connectivity index (χ0) is 20.1. The Balaban J connectivity index is 2.09. The van der Waals surface area contributed by atoms with Crippen molar-refractivity contribution >= 4 is 34.0 Å². The lowest BCUT2D eigenvalue weighted by Crippen LogP contribution is -2.12. The van der Waals surface area contributed by atoms with Gasteiger partial charge < -0.3 is 15.4 Å². The molecule has 0 aliphatic carbocycles. The van der Waals surface area contributed by atoms with Crippen molar-refractivity contribution in [2.75, 3.05) is 24.3 Å². The second-order valence-electron chi connectivity index (χ2n) is 5.86. The summed E-state index contributed by atoms with van der Waals surface area (Å²) in [7, 11) is 1.69. The topological polar surface area (TPSA) is 93.2 Å². The third kappa shape index (κ3) is 3.83. The molecular formula is C21H20N4O3. The van der Waals surface area contributed by atoms with Crippen LogP contribution < -0.4 is 10.6 Å². The van der Waals surface area contributed by atoms with Crippen molar-refractivity contribution in [1.82, 2.24) is 9.97 Å². The number of ether oxygens (including phenoxy) is 1. The van der Waals surface area contributed by atoms with Crippen LogP contribution in [0.1, 0.15) is 17.4 Å². The van der Waals surface area contributed by atoms with Crippen molar-refractivity contribution in [3.8, 4) is 11.4 Å². The lowest BCUT2D eigenvalue weighted by molar-refractivity contribution is -0.111. The molecule has 0 atom stereocenters. The summed E-state index contributed by atoms with van der Waals surface area (Å²) in [5.41, 5.74) is 2.02. The van der Waals surface area contributed by atoms with Crippen LogP contribution >= 0.6 is 0 Å². The third-order valence-corrected chi connectivity index (χ3v) is 4.11. The van der Waals surface area contributed by atoms with Crippen molar-refractivity contribution in [2.45, 2.75) is 6.92 Å². The zero-order valence-electron chi connectivity index (χ0n) is 15.7. The van der Waals surface area contributed by atoms with E-state index < -0.39 is 5.97 Å². The summed E-state index contributed by atoms with van der Waals surface area (Å²) in [6, 6.07) is 11.3. The molecule has 1 amide bonds. The van der Waals surface area contributed by atoms with Crippen LogP contribution in [0.25, 0.3) is 22.2 Å². The highest BCUT2D eigenvalue weighted by Gasteiger charge is 2.17. The summed E-state index contributed by atoms with van der Waals surface area (Å²) >= 11 is 0. The van der Waals surface area contributed by atoms with E-state index in [4.69, 9.17) is 4.74 Å². The van der Waals surface area contributed by atoms with Crippen molar-refractivity contribution in [3.63, 3.8) is 0 Å². The van der Waals surface area contributed by atoms with E-state index in [0.29, 0.717) is 22.8 Å². The monoisotopic (exact) mass is 376 g/mol. The molecule has 0 unspecified atom stereocenters. The van der Waals surface area contributed by atoms with Gasteiger partial charge >= 0.3 is 5.97 Å². The largest absolute Gasteiger partial charge is 0.461 e. The minimum absolute atomic E-state index is 0.169. The molecule has 3 aromatic rings. The van der Waals surface area contributed by atoms with Crippen LogP contribution in [0.4, 0.5) is 11.4 Å². The van der Waals surface area contributed by atoms with Gasteiger partial charge in [0.15, 0.2) is 11.5 Å². The predicted molar refractivity (Wildman–Crippen MR) is 109 cm³/mol. The van der Waals surface area contributed by atoms with Crippen LogP contribution in [-0.2, 0) is 9.53 Å². The molecular weight excluding hydrogens is 356 g/mol. The molecule has 0 saturated heterocycles. The molecule has 0 aliphatic rings. The number of hydrogen-bond acceptors (Lipinski definition) is 6. The average molecular weight is 376 g/mol. The maximum absolute atomic E-state index is 12.2. The van der Waals surface area contributed by atoms with E-state index in [-0.39, 0.29) is 18.2 Å². The summed E-state index contributed by atoms with van der Waals surface area (Å²) in [6.45, 7) is 5.47. The quantitative estimate of drug-likeness (QED) is 0.504. The Morgan fingerprint density at radius 3 is 2.75 bits per heavy atom. The number of nitrogens with zero attached hydrogens (tertiary/aromatic N) is 2. The summed E-state index contributed by atoms with van der Waals surface area (Å²) in [5.74, 6) is -0.429. The van der Waals surface area contributed by atoms with Crippen LogP contribution in [0.15, 0.2) is 55.3 Å². The number of amides is 1. The standard InChI is InChI=1S/C21H20N4O3/c1-4-18(26)24-16-8-6-7-13-9-10-14(11-15(13)16)20-23-12-17(22-3)19(25-20)21(27)28-5-2/h4,6-12,22H,1,5H2,2-3H3,(H,24,26). The lowest BCUT2D eigenvalue weighted by Gasteiger charge is -2.11. The van der Waals surface area contributed by atoms with Gasteiger partial charge in [-0.15, -0.1) is 0 Å². The third-order valence-electron chi connectivity index (χ3n) is 4.11. The van der Waals surface area contributed by atoms with Crippen molar-refractivity contribution in [1.29, 1.82) is 0 Å². The molecule has 0 radical (unpaired) electrons. The second-order valence-corrected chi connectivity index (χ2v) is 5.86. The van der Waals surface area contributed by atoms with Gasteiger partial charge in [-0.1, -0.05) is 30.8 Å². The first-order chi connectivity index (χ1) is 13.6. The van der Waals surface area contributed by atoms with Gasteiger partial charge in [0.1, 0.15) is 0 Å². The van der Waals surface area contributed by atoms with Crippen molar-refractivity contribution in [2.24, 2.45) is 0 Å². The van der Waals surface area contributed by atoms with Gasteiger partial charge in [-0.3, -0.25) is 4.79 Å². The Morgan fingerprint density at radius 2 is 2.04 bits per heavy atom. The Bertz CT molecular complexity index is 1060. The fraction of sp³-hybridized carbons (Fsp3) is 0.143. The van der Waals surface area contributed by atoms with Crippen molar-refractivity contribution in [3.05, 3.63) is 60.9 Å². The number of benzene rings is 2. The first-order valence-electron chi connectivity index (χ1n) is 8.75. The normalized spacial score (nSPS) is 10.4. The number of fused-ring (bicyclic) bond motifs is 1. The van der Waals surface area contributed by atoms with Gasteiger partial charge in [-0.25, -0.2) is 14.8 Å². The highest BCUT2D eigenvalue weighted by Crippen LogP contribution is 2.28. The molecule has 28 heavy (non-hydrogen) atoms. The molecule has 0 aliphatic heterocycles. The maximum Gasteiger partial charge on any atom is 0.359 e. The fourth-order valence-corrected chi connectivity index (χ4v) is 2.76. The van der Waals surface area contributed by atoms with Gasteiger partial charge in [0.25, 0.3) is 0 Å². The van der Waals surface area contributed by atoms with Crippen molar-refractivity contribution < 1.29 is 14.3 Å². The number of hydrogen-bond donors (Lipinski definition) is 2. The van der Waals surface area contributed by atoms with E-state index in [0.717, 1.165) is 10.8 Å². The van der Waals surface area contributed by atoms with E-state index in [9.17, 15) is 9.59 Å². The van der Waals surface area contributed by atoms with Gasteiger partial charge in [-0.2, -0.15) is 0 Å². The minimum Gasteiger partial charge on any atom is -0.461 e. The highest BCUT2D eigenvalue weighted by atomic mass is 16.5. The Morgan fingerprint density at radius 1 is 1.21 bits per heavy atom. The number of esters is 1. The SMILES string of the molecule is C=CC(=O)Nc1cccc2ccc(-c3ncc(NC)c(C(=O)OCC)n3)cc12. The van der Waals surface area contributed by atoms with E-state index in [1.165, 1.54) is 6.08 Å². The number of carbonyl (C=O) groups is 2. The Kier molecular flexibility index (Phi) is 5.64. The summed E-state index contributed by atoms with van der Waals surface area (Å²) in [6.07, 6.45) is 2.76. The van der Waals surface area contributed by atoms with E-state index >= 15 is 0 Å². The van der Waals surface area contributed by atoms with Gasteiger partial charge in [-0.05, 0) is 30.5 Å². The molecule has 0 spiro atoms. The number of anilines is 2. The number of aromatic nitrogens is 2. The fourth-order valence-electron chi connectivity index (χ4n) is 2.76.